The fourth-order valence-electron chi connectivity index (χ4n) is 2.77. The molecule has 0 aliphatic heterocycles. The van der Waals surface area contributed by atoms with E-state index in [0.29, 0.717) is 10.9 Å². The van der Waals surface area contributed by atoms with Crippen LogP contribution in [0.5, 0.6) is 5.75 Å². The molecule has 0 fully saturated rings. The summed E-state index contributed by atoms with van der Waals surface area (Å²) in [5, 5.41) is 5.24. The van der Waals surface area contributed by atoms with Crippen LogP contribution in [0, 0.1) is 0 Å². The quantitative estimate of drug-likeness (QED) is 0.579. The molecule has 1 aromatic heterocycles. The number of thiophene rings is 1. The molecule has 0 spiro atoms. The van der Waals surface area contributed by atoms with Crippen LogP contribution < -0.4 is 20.9 Å². The van der Waals surface area contributed by atoms with Gasteiger partial charge in [-0.3, -0.25) is 15.6 Å². The zero-order valence-electron chi connectivity index (χ0n) is 13.3. The fourth-order valence-corrected chi connectivity index (χ4v) is 4.05. The Morgan fingerprint density at radius 1 is 1.21 bits per heavy atom. The molecule has 0 saturated carbocycles. The summed E-state index contributed by atoms with van der Waals surface area (Å²) in [5.41, 5.74) is 8.09. The first-order valence-electron chi connectivity index (χ1n) is 7.78. The second-order valence-corrected chi connectivity index (χ2v) is 6.86. The highest BCUT2D eigenvalue weighted by molar-refractivity contribution is 7.80. The number of thiocarbonyl (C=S) groups is 1. The summed E-state index contributed by atoms with van der Waals surface area (Å²) in [7, 11) is 1.60. The molecule has 0 radical (unpaired) electrons. The standard InChI is InChI=1S/C17H19N3O2S2/c1-22-14-8-4-3-7-13(14)18-17(23)20-19-16(21)12-10-24-15-9-5-2-6-11(12)15/h3-4,7-8,10H,2,5-6,9H2,1H3,(H,19,21)(H2,18,20,23). The van der Waals surface area contributed by atoms with E-state index in [1.807, 2.05) is 29.6 Å². The number of ether oxygens (including phenoxy) is 1. The van der Waals surface area contributed by atoms with Crippen LogP contribution >= 0.6 is 23.6 Å². The molecular formula is C17H19N3O2S2. The fraction of sp³-hybridized carbons (Fsp3) is 0.294. The van der Waals surface area contributed by atoms with Crippen molar-refractivity contribution in [2.24, 2.45) is 0 Å². The van der Waals surface area contributed by atoms with E-state index in [1.54, 1.807) is 18.4 Å². The minimum absolute atomic E-state index is 0.154. The van der Waals surface area contributed by atoms with E-state index in [-0.39, 0.29) is 5.91 Å². The van der Waals surface area contributed by atoms with Crippen molar-refractivity contribution in [1.29, 1.82) is 0 Å². The van der Waals surface area contributed by atoms with Gasteiger partial charge in [-0.15, -0.1) is 11.3 Å². The molecule has 126 valence electrons. The number of carbonyl (C=O) groups excluding carboxylic acids is 1. The van der Waals surface area contributed by atoms with Gasteiger partial charge in [0.15, 0.2) is 5.11 Å². The largest absolute Gasteiger partial charge is 0.495 e. The van der Waals surface area contributed by atoms with Gasteiger partial charge in [0.25, 0.3) is 5.91 Å². The molecule has 1 amide bonds. The molecular weight excluding hydrogens is 342 g/mol. The van der Waals surface area contributed by atoms with E-state index < -0.39 is 0 Å². The predicted octanol–water partition coefficient (Wildman–Crippen LogP) is 3.27. The van der Waals surface area contributed by atoms with Crippen molar-refractivity contribution in [2.45, 2.75) is 25.7 Å². The highest BCUT2D eigenvalue weighted by Crippen LogP contribution is 2.30. The summed E-state index contributed by atoms with van der Waals surface area (Å²) in [6, 6.07) is 7.44. The number of aryl methyl sites for hydroxylation is 1. The number of nitrogens with one attached hydrogen (secondary N) is 3. The van der Waals surface area contributed by atoms with Crippen molar-refractivity contribution in [3.8, 4) is 5.75 Å². The number of amides is 1. The molecule has 0 atom stereocenters. The molecule has 3 N–H and O–H groups in total. The number of carbonyl (C=O) groups is 1. The minimum Gasteiger partial charge on any atom is -0.495 e. The van der Waals surface area contributed by atoms with Gasteiger partial charge in [0.2, 0.25) is 0 Å². The van der Waals surface area contributed by atoms with Crippen molar-refractivity contribution in [3.63, 3.8) is 0 Å². The highest BCUT2D eigenvalue weighted by Gasteiger charge is 2.20. The Labute approximate surface area is 150 Å². The molecule has 0 bridgehead atoms. The Morgan fingerprint density at radius 3 is 2.83 bits per heavy atom. The van der Waals surface area contributed by atoms with Crippen LogP contribution in [0.15, 0.2) is 29.6 Å². The Bertz CT molecular complexity index is 758. The zero-order valence-corrected chi connectivity index (χ0v) is 15.0. The SMILES string of the molecule is COc1ccccc1NC(=S)NNC(=O)c1csc2c1CCCC2. The monoisotopic (exact) mass is 361 g/mol. The normalized spacial score (nSPS) is 12.9. The number of hydrazine groups is 1. The second-order valence-electron chi connectivity index (χ2n) is 5.49. The summed E-state index contributed by atoms with van der Waals surface area (Å²) in [6.45, 7) is 0. The van der Waals surface area contributed by atoms with Crippen LogP contribution in [0.1, 0.15) is 33.6 Å². The van der Waals surface area contributed by atoms with Gasteiger partial charge in [0.05, 0.1) is 18.4 Å². The maximum atomic E-state index is 12.4. The maximum absolute atomic E-state index is 12.4. The van der Waals surface area contributed by atoms with E-state index in [1.165, 1.54) is 16.9 Å². The van der Waals surface area contributed by atoms with Crippen molar-refractivity contribution in [2.75, 3.05) is 12.4 Å². The predicted molar refractivity (Wildman–Crippen MR) is 101 cm³/mol. The third-order valence-corrected chi connectivity index (χ3v) is 5.24. The summed E-state index contributed by atoms with van der Waals surface area (Å²) in [4.78, 5) is 13.7. The third kappa shape index (κ3) is 3.68. The molecule has 0 unspecified atom stereocenters. The first-order valence-corrected chi connectivity index (χ1v) is 9.07. The van der Waals surface area contributed by atoms with Crippen LogP contribution in [0.4, 0.5) is 5.69 Å². The summed E-state index contributed by atoms with van der Waals surface area (Å²) in [6.07, 6.45) is 4.41. The third-order valence-electron chi connectivity index (χ3n) is 3.95. The molecule has 2 aromatic rings. The first-order chi connectivity index (χ1) is 11.7. The van der Waals surface area contributed by atoms with E-state index in [9.17, 15) is 4.79 Å². The molecule has 1 heterocycles. The number of fused-ring (bicyclic) bond motifs is 1. The van der Waals surface area contributed by atoms with Gasteiger partial charge in [-0.1, -0.05) is 12.1 Å². The molecule has 1 aromatic carbocycles. The molecule has 24 heavy (non-hydrogen) atoms. The second kappa shape index (κ2) is 7.63. The Morgan fingerprint density at radius 2 is 2.00 bits per heavy atom. The lowest BCUT2D eigenvalue weighted by Crippen LogP contribution is -2.44. The van der Waals surface area contributed by atoms with E-state index in [4.69, 9.17) is 17.0 Å². The van der Waals surface area contributed by atoms with Crippen molar-refractivity contribution < 1.29 is 9.53 Å². The molecule has 3 rings (SSSR count). The Hall–Kier alpha value is -2.12. The summed E-state index contributed by atoms with van der Waals surface area (Å²) >= 11 is 6.89. The topological polar surface area (TPSA) is 62.4 Å². The first kappa shape index (κ1) is 16.7. The molecule has 1 aliphatic rings. The highest BCUT2D eigenvalue weighted by atomic mass is 32.1. The lowest BCUT2D eigenvalue weighted by Gasteiger charge is -2.15. The number of anilines is 1. The zero-order chi connectivity index (χ0) is 16.9. The van der Waals surface area contributed by atoms with Crippen LogP contribution in [-0.4, -0.2) is 18.1 Å². The van der Waals surface area contributed by atoms with E-state index in [0.717, 1.165) is 30.5 Å². The lowest BCUT2D eigenvalue weighted by atomic mass is 9.96. The van der Waals surface area contributed by atoms with Crippen molar-refractivity contribution in [1.82, 2.24) is 10.9 Å². The molecule has 0 saturated heterocycles. The maximum Gasteiger partial charge on any atom is 0.270 e. The van der Waals surface area contributed by atoms with Crippen LogP contribution in [0.3, 0.4) is 0 Å². The Kier molecular flexibility index (Phi) is 5.32. The van der Waals surface area contributed by atoms with Gasteiger partial charge < -0.3 is 10.1 Å². The van der Waals surface area contributed by atoms with Crippen LogP contribution in [0.25, 0.3) is 0 Å². The number of rotatable bonds is 3. The number of benzene rings is 1. The number of hydrogen-bond acceptors (Lipinski definition) is 4. The molecule has 5 nitrogen and oxygen atoms in total. The van der Waals surface area contributed by atoms with Gasteiger partial charge in [0, 0.05) is 10.3 Å². The van der Waals surface area contributed by atoms with Gasteiger partial charge in [0.1, 0.15) is 5.75 Å². The Balaban J connectivity index is 1.58. The minimum atomic E-state index is -0.154. The average Bonchev–Trinajstić information content (AvgIpc) is 3.04. The van der Waals surface area contributed by atoms with E-state index >= 15 is 0 Å². The lowest BCUT2D eigenvalue weighted by molar-refractivity contribution is 0.0943. The summed E-state index contributed by atoms with van der Waals surface area (Å²) < 4.78 is 5.26. The smallest absolute Gasteiger partial charge is 0.270 e. The van der Waals surface area contributed by atoms with Crippen molar-refractivity contribution in [3.05, 3.63) is 45.6 Å². The number of para-hydroxylation sites is 2. The van der Waals surface area contributed by atoms with Gasteiger partial charge in [-0.05, 0) is 55.6 Å². The number of methoxy groups -OCH3 is 1. The van der Waals surface area contributed by atoms with Gasteiger partial charge in [-0.2, -0.15) is 0 Å². The number of hydrogen-bond donors (Lipinski definition) is 3. The van der Waals surface area contributed by atoms with E-state index in [2.05, 4.69) is 16.2 Å². The van der Waals surface area contributed by atoms with Crippen molar-refractivity contribution >= 4 is 40.3 Å². The average molecular weight is 361 g/mol. The van der Waals surface area contributed by atoms with Gasteiger partial charge >= 0.3 is 0 Å². The van der Waals surface area contributed by atoms with Gasteiger partial charge in [-0.25, -0.2) is 0 Å². The van der Waals surface area contributed by atoms with Crippen LogP contribution in [0.2, 0.25) is 0 Å². The molecule has 7 heteroatoms. The molecule has 1 aliphatic carbocycles. The summed E-state index contributed by atoms with van der Waals surface area (Å²) in [5.74, 6) is 0.526. The van der Waals surface area contributed by atoms with Crippen LogP contribution in [-0.2, 0) is 12.8 Å².